The van der Waals surface area contributed by atoms with Gasteiger partial charge in [0.15, 0.2) is 5.78 Å². The normalized spacial score (nSPS) is 11.5. The zero-order valence-electron chi connectivity index (χ0n) is 18.4. The second-order valence-electron chi connectivity index (χ2n) is 7.39. The minimum absolute atomic E-state index is 0.201. The molecule has 0 bridgehead atoms. The first kappa shape index (κ1) is 22.1. The van der Waals surface area contributed by atoms with E-state index in [4.69, 9.17) is 14.2 Å². The first-order valence-corrected chi connectivity index (χ1v) is 9.99. The molecule has 0 saturated heterocycles. The van der Waals surface area contributed by atoms with E-state index in [1.165, 1.54) is 20.3 Å². The quantitative estimate of drug-likeness (QED) is 0.217. The van der Waals surface area contributed by atoms with Gasteiger partial charge in [0.25, 0.3) is 0 Å². The highest BCUT2D eigenvalue weighted by Crippen LogP contribution is 2.41. The van der Waals surface area contributed by atoms with Gasteiger partial charge in [0.1, 0.15) is 11.5 Å². The summed E-state index contributed by atoms with van der Waals surface area (Å²) in [5.74, 6) is 0.598. The van der Waals surface area contributed by atoms with E-state index in [0.29, 0.717) is 33.8 Å². The van der Waals surface area contributed by atoms with E-state index in [-0.39, 0.29) is 11.7 Å². The van der Waals surface area contributed by atoms with Crippen molar-refractivity contribution in [2.24, 2.45) is 0 Å². The Hall–Kier alpha value is -3.60. The van der Waals surface area contributed by atoms with Crippen molar-refractivity contribution in [2.45, 2.75) is 19.8 Å². The van der Waals surface area contributed by atoms with Crippen LogP contribution in [0, 0.1) is 0 Å². The number of hydrogen-bond acceptors (Lipinski definition) is 5. The first-order valence-electron chi connectivity index (χ1n) is 9.99. The molecule has 0 saturated carbocycles. The molecular formula is C26H26O5. The predicted octanol–water partition coefficient (Wildman–Crippen LogP) is 5.58. The molecule has 3 rings (SSSR count). The highest BCUT2D eigenvalue weighted by Gasteiger charge is 2.26. The van der Waals surface area contributed by atoms with E-state index in [2.05, 4.69) is 13.8 Å². The molecule has 5 nitrogen and oxygen atoms in total. The summed E-state index contributed by atoms with van der Waals surface area (Å²) in [5, 5.41) is 0. The number of allylic oxidation sites excluding steroid dienone is 1. The molecule has 1 aromatic carbocycles. The van der Waals surface area contributed by atoms with Gasteiger partial charge in [-0.1, -0.05) is 38.1 Å². The Labute approximate surface area is 182 Å². The molecule has 0 fully saturated rings. The average Bonchev–Trinajstić information content (AvgIpc) is 3.03. The van der Waals surface area contributed by atoms with E-state index < -0.39 is 5.97 Å². The maximum Gasteiger partial charge on any atom is 0.338 e. The summed E-state index contributed by atoms with van der Waals surface area (Å²) in [6, 6.07) is 16.3. The van der Waals surface area contributed by atoms with E-state index >= 15 is 0 Å². The van der Waals surface area contributed by atoms with Gasteiger partial charge in [-0.15, -0.1) is 0 Å². The number of benzene rings is 1. The second kappa shape index (κ2) is 9.47. The summed E-state index contributed by atoms with van der Waals surface area (Å²) in [4.78, 5) is 25.5. The fourth-order valence-electron chi connectivity index (χ4n) is 3.61. The third kappa shape index (κ3) is 4.45. The van der Waals surface area contributed by atoms with Crippen molar-refractivity contribution >= 4 is 17.5 Å². The number of fused-ring (bicyclic) bond motifs is 1. The molecule has 2 aliphatic rings. The van der Waals surface area contributed by atoms with Gasteiger partial charge in [-0.25, -0.2) is 4.79 Å². The van der Waals surface area contributed by atoms with Gasteiger partial charge in [-0.3, -0.25) is 4.79 Å². The largest absolute Gasteiger partial charge is 0.497 e. The minimum atomic E-state index is -0.429. The number of ketones is 1. The molecule has 1 aromatic rings. The van der Waals surface area contributed by atoms with Crippen molar-refractivity contribution in [3.8, 4) is 16.9 Å². The van der Waals surface area contributed by atoms with Crippen LogP contribution in [0.1, 0.15) is 51.6 Å². The summed E-state index contributed by atoms with van der Waals surface area (Å²) in [6.07, 6.45) is 1.44. The van der Waals surface area contributed by atoms with Crippen LogP contribution < -0.4 is 4.74 Å². The Balaban J connectivity index is 2.17. The Morgan fingerprint density at radius 1 is 0.871 bits per heavy atom. The molecule has 160 valence electrons. The standard InChI is InChI=1S/C26H26O5/c1-16(2)21-14-22(26(28)31-5)25-19(21)8-6-7-9-20(25)24(30-4)15-23(27)17-10-12-18(29-3)13-11-17/h6-16H,1-5H3/b24-15-. The lowest BCUT2D eigenvalue weighted by atomic mass is 9.96. The smallest absolute Gasteiger partial charge is 0.338 e. The number of rotatable bonds is 7. The van der Waals surface area contributed by atoms with Gasteiger partial charge < -0.3 is 14.2 Å². The SMILES string of the molecule is COC(=O)c1cc(C(C)C)c2ccccc(/C(=C/C(=O)c3ccc(OC)cc3)OC)c1-2. The van der Waals surface area contributed by atoms with Gasteiger partial charge in [0, 0.05) is 22.8 Å². The van der Waals surface area contributed by atoms with Crippen LogP contribution in [0.2, 0.25) is 0 Å². The summed E-state index contributed by atoms with van der Waals surface area (Å²) >= 11 is 0. The fourth-order valence-corrected chi connectivity index (χ4v) is 3.61. The lowest BCUT2D eigenvalue weighted by molar-refractivity contribution is 0.0602. The molecule has 0 heterocycles. The summed E-state index contributed by atoms with van der Waals surface area (Å²) in [5.41, 5.74) is 4.27. The molecule has 0 aliphatic heterocycles. The highest BCUT2D eigenvalue weighted by molar-refractivity contribution is 6.10. The van der Waals surface area contributed by atoms with Crippen LogP contribution in [0.5, 0.6) is 5.75 Å². The fraction of sp³-hybridized carbons (Fsp3) is 0.231. The van der Waals surface area contributed by atoms with Crippen LogP contribution in [-0.4, -0.2) is 33.1 Å². The molecule has 31 heavy (non-hydrogen) atoms. The van der Waals surface area contributed by atoms with Crippen molar-refractivity contribution in [2.75, 3.05) is 21.3 Å². The molecular weight excluding hydrogens is 392 g/mol. The first-order chi connectivity index (χ1) is 14.9. The second-order valence-corrected chi connectivity index (χ2v) is 7.39. The van der Waals surface area contributed by atoms with Crippen molar-refractivity contribution in [1.29, 1.82) is 0 Å². The third-order valence-corrected chi connectivity index (χ3v) is 5.21. The Morgan fingerprint density at radius 3 is 2.13 bits per heavy atom. The predicted molar refractivity (Wildman–Crippen MR) is 121 cm³/mol. The van der Waals surface area contributed by atoms with Crippen LogP contribution in [0.4, 0.5) is 0 Å². The summed E-state index contributed by atoms with van der Waals surface area (Å²) in [7, 11) is 4.44. The molecule has 5 heteroatoms. The lowest BCUT2D eigenvalue weighted by Gasteiger charge is -2.12. The molecule has 0 spiro atoms. The molecule has 0 unspecified atom stereocenters. The number of methoxy groups -OCH3 is 3. The van der Waals surface area contributed by atoms with Gasteiger partial charge in [-0.05, 0) is 47.4 Å². The van der Waals surface area contributed by atoms with Gasteiger partial charge in [0.2, 0.25) is 0 Å². The zero-order chi connectivity index (χ0) is 22.5. The molecule has 0 aromatic heterocycles. The molecule has 0 amide bonds. The Bertz CT molecular complexity index is 1090. The topological polar surface area (TPSA) is 61.8 Å². The maximum atomic E-state index is 12.9. The molecule has 0 radical (unpaired) electrons. The highest BCUT2D eigenvalue weighted by atomic mass is 16.5. The van der Waals surface area contributed by atoms with Crippen molar-refractivity contribution < 1.29 is 23.8 Å². The van der Waals surface area contributed by atoms with Crippen LogP contribution in [-0.2, 0) is 9.47 Å². The third-order valence-electron chi connectivity index (χ3n) is 5.21. The van der Waals surface area contributed by atoms with Gasteiger partial charge in [-0.2, -0.15) is 0 Å². The maximum absolute atomic E-state index is 12.9. The Kier molecular flexibility index (Phi) is 6.75. The molecule has 2 aliphatic carbocycles. The number of ether oxygens (including phenoxy) is 3. The number of esters is 1. The van der Waals surface area contributed by atoms with E-state index in [1.807, 2.05) is 30.3 Å². The number of hydrogen-bond donors (Lipinski definition) is 0. The van der Waals surface area contributed by atoms with E-state index in [1.54, 1.807) is 31.4 Å². The summed E-state index contributed by atoms with van der Waals surface area (Å²) in [6.45, 7) is 4.14. The van der Waals surface area contributed by atoms with Crippen molar-refractivity contribution in [3.63, 3.8) is 0 Å². The monoisotopic (exact) mass is 418 g/mol. The van der Waals surface area contributed by atoms with Crippen LogP contribution in [0.15, 0.2) is 60.7 Å². The van der Waals surface area contributed by atoms with Crippen molar-refractivity contribution in [1.82, 2.24) is 0 Å². The molecule has 0 N–H and O–H groups in total. The summed E-state index contributed by atoms with van der Waals surface area (Å²) < 4.78 is 15.8. The molecule has 0 atom stereocenters. The van der Waals surface area contributed by atoms with Gasteiger partial charge in [0.05, 0.1) is 26.9 Å². The van der Waals surface area contributed by atoms with E-state index in [0.717, 1.165) is 11.1 Å². The Morgan fingerprint density at radius 2 is 1.55 bits per heavy atom. The average molecular weight is 418 g/mol. The van der Waals surface area contributed by atoms with Crippen LogP contribution in [0.25, 0.3) is 16.9 Å². The number of carbonyl (C=O) groups excluding carboxylic acids is 2. The van der Waals surface area contributed by atoms with Gasteiger partial charge >= 0.3 is 5.97 Å². The minimum Gasteiger partial charge on any atom is -0.497 e. The van der Waals surface area contributed by atoms with Crippen LogP contribution >= 0.6 is 0 Å². The lowest BCUT2D eigenvalue weighted by Crippen LogP contribution is -2.03. The van der Waals surface area contributed by atoms with Crippen LogP contribution in [0.3, 0.4) is 0 Å². The number of carbonyl (C=O) groups is 2. The zero-order valence-corrected chi connectivity index (χ0v) is 18.4. The van der Waals surface area contributed by atoms with E-state index in [9.17, 15) is 9.59 Å². The van der Waals surface area contributed by atoms with Crippen molar-refractivity contribution in [3.05, 3.63) is 82.9 Å².